The van der Waals surface area contributed by atoms with Crippen molar-refractivity contribution >= 4 is 28.9 Å². The summed E-state index contributed by atoms with van der Waals surface area (Å²) in [5, 5.41) is 9.86. The van der Waals surface area contributed by atoms with Gasteiger partial charge in [0.15, 0.2) is 0 Å². The summed E-state index contributed by atoms with van der Waals surface area (Å²) in [6.07, 6.45) is 0. The number of carboxylic acid groups (broad SMARTS) is 1. The molecule has 2 aromatic rings. The van der Waals surface area contributed by atoms with Gasteiger partial charge in [-0.05, 0) is 29.8 Å². The largest absolute Gasteiger partial charge is 0.478 e. The van der Waals surface area contributed by atoms with Crippen molar-refractivity contribution in [3.8, 4) is 0 Å². The Morgan fingerprint density at radius 2 is 1.90 bits per heavy atom. The highest BCUT2D eigenvalue weighted by atomic mass is 35.5. The van der Waals surface area contributed by atoms with Gasteiger partial charge >= 0.3 is 5.97 Å². The molecule has 0 bridgehead atoms. The molecule has 0 aromatic heterocycles. The Labute approximate surface area is 126 Å². The second-order valence-electron chi connectivity index (χ2n) is 4.64. The van der Waals surface area contributed by atoms with Crippen LogP contribution < -0.4 is 10.6 Å². The van der Waals surface area contributed by atoms with Gasteiger partial charge in [-0.1, -0.05) is 23.7 Å². The minimum absolute atomic E-state index is 0.230. The Hall–Kier alpha value is -2.27. The molecule has 4 nitrogen and oxygen atoms in total. The molecule has 0 amide bonds. The Morgan fingerprint density at radius 1 is 1.29 bits per heavy atom. The van der Waals surface area contributed by atoms with Gasteiger partial charge in [-0.25, -0.2) is 9.18 Å². The van der Waals surface area contributed by atoms with E-state index in [1.807, 2.05) is 12.1 Å². The van der Waals surface area contributed by atoms with Crippen LogP contribution in [0.5, 0.6) is 0 Å². The molecule has 6 heteroatoms. The predicted octanol–water partition coefficient (Wildman–Crippen LogP) is 3.40. The molecule has 0 saturated carbocycles. The summed E-state index contributed by atoms with van der Waals surface area (Å²) in [7, 11) is 1.72. The molecule has 0 unspecified atom stereocenters. The molecule has 0 heterocycles. The lowest BCUT2D eigenvalue weighted by Crippen LogP contribution is -2.20. The van der Waals surface area contributed by atoms with Gasteiger partial charge < -0.3 is 15.7 Å². The van der Waals surface area contributed by atoms with E-state index in [2.05, 4.69) is 0 Å². The van der Waals surface area contributed by atoms with Crippen LogP contribution >= 0.6 is 11.6 Å². The summed E-state index contributed by atoms with van der Waals surface area (Å²) < 4.78 is 13.4. The number of nitrogen functional groups attached to an aromatic ring is 1. The lowest BCUT2D eigenvalue weighted by molar-refractivity contribution is 0.0698. The van der Waals surface area contributed by atoms with E-state index in [-0.39, 0.29) is 11.3 Å². The van der Waals surface area contributed by atoms with Gasteiger partial charge in [-0.2, -0.15) is 0 Å². The third kappa shape index (κ3) is 3.25. The quantitative estimate of drug-likeness (QED) is 0.850. The number of hydrogen-bond donors (Lipinski definition) is 2. The van der Waals surface area contributed by atoms with Crippen LogP contribution in [0.2, 0.25) is 5.02 Å². The standard InChI is InChI=1S/C15H14ClFN2O2/c1-19(8-9-2-4-10(16)5-3-9)12-7-6-11(17)14(18)13(12)15(20)21/h2-7H,8,18H2,1H3,(H,20,21). The van der Waals surface area contributed by atoms with E-state index in [4.69, 9.17) is 17.3 Å². The number of nitrogens with zero attached hydrogens (tertiary/aromatic N) is 1. The number of aromatic carboxylic acids is 1. The highest BCUT2D eigenvalue weighted by molar-refractivity contribution is 6.30. The first-order valence-corrected chi connectivity index (χ1v) is 6.54. The fourth-order valence-electron chi connectivity index (χ4n) is 2.07. The summed E-state index contributed by atoms with van der Waals surface area (Å²) in [5.41, 5.74) is 6.25. The molecule has 0 aliphatic heterocycles. The smallest absolute Gasteiger partial charge is 0.340 e. The SMILES string of the molecule is CN(Cc1ccc(Cl)cc1)c1ccc(F)c(N)c1C(=O)O. The first-order valence-electron chi connectivity index (χ1n) is 6.17. The number of benzene rings is 2. The summed E-state index contributed by atoms with van der Waals surface area (Å²) >= 11 is 5.82. The van der Waals surface area contributed by atoms with E-state index in [0.717, 1.165) is 11.6 Å². The van der Waals surface area contributed by atoms with Gasteiger partial charge in [0.05, 0.1) is 11.4 Å². The van der Waals surface area contributed by atoms with Crippen LogP contribution in [-0.4, -0.2) is 18.1 Å². The molecule has 21 heavy (non-hydrogen) atoms. The Bertz CT molecular complexity index is 674. The summed E-state index contributed by atoms with van der Waals surface area (Å²) in [5.74, 6) is -2.00. The number of nitrogens with two attached hydrogens (primary N) is 1. The van der Waals surface area contributed by atoms with Crippen LogP contribution in [0.4, 0.5) is 15.8 Å². The van der Waals surface area contributed by atoms with Crippen molar-refractivity contribution in [3.05, 3.63) is 58.4 Å². The molecule has 0 fully saturated rings. The fraction of sp³-hybridized carbons (Fsp3) is 0.133. The van der Waals surface area contributed by atoms with Crippen molar-refractivity contribution < 1.29 is 14.3 Å². The Balaban J connectivity index is 2.35. The van der Waals surface area contributed by atoms with Crippen LogP contribution in [0.3, 0.4) is 0 Å². The maximum absolute atomic E-state index is 13.4. The molecule has 0 aliphatic carbocycles. The van der Waals surface area contributed by atoms with E-state index in [1.54, 1.807) is 24.1 Å². The average Bonchev–Trinajstić information content (AvgIpc) is 2.43. The molecule has 0 saturated heterocycles. The second-order valence-corrected chi connectivity index (χ2v) is 5.08. The summed E-state index contributed by atoms with van der Waals surface area (Å²) in [4.78, 5) is 13.0. The topological polar surface area (TPSA) is 66.6 Å². The summed E-state index contributed by atoms with van der Waals surface area (Å²) in [6, 6.07) is 9.75. The molecule has 110 valence electrons. The maximum atomic E-state index is 13.4. The van der Waals surface area contributed by atoms with Gasteiger partial charge in [0.25, 0.3) is 0 Å². The average molecular weight is 309 g/mol. The first-order chi connectivity index (χ1) is 9.90. The molecule has 0 spiro atoms. The molecule has 2 aromatic carbocycles. The number of halogens is 2. The van der Waals surface area contributed by atoms with E-state index < -0.39 is 11.8 Å². The number of anilines is 2. The van der Waals surface area contributed by atoms with Crippen molar-refractivity contribution in [3.63, 3.8) is 0 Å². The van der Waals surface area contributed by atoms with E-state index in [1.165, 1.54) is 6.07 Å². The van der Waals surface area contributed by atoms with Crippen molar-refractivity contribution in [1.82, 2.24) is 0 Å². The van der Waals surface area contributed by atoms with Gasteiger partial charge in [0.2, 0.25) is 0 Å². The van der Waals surface area contributed by atoms with Crippen molar-refractivity contribution in [2.24, 2.45) is 0 Å². The minimum Gasteiger partial charge on any atom is -0.478 e. The third-order valence-electron chi connectivity index (χ3n) is 3.13. The van der Waals surface area contributed by atoms with Gasteiger partial charge in [0.1, 0.15) is 11.4 Å². The summed E-state index contributed by atoms with van der Waals surface area (Å²) in [6.45, 7) is 0.447. The molecular formula is C15H14ClFN2O2. The zero-order chi connectivity index (χ0) is 15.6. The van der Waals surface area contributed by atoms with Crippen molar-refractivity contribution in [1.29, 1.82) is 0 Å². The normalized spacial score (nSPS) is 10.4. The minimum atomic E-state index is -1.26. The zero-order valence-electron chi connectivity index (χ0n) is 11.3. The van der Waals surface area contributed by atoms with Crippen molar-refractivity contribution in [2.45, 2.75) is 6.54 Å². The highest BCUT2D eigenvalue weighted by Gasteiger charge is 2.19. The molecule has 0 atom stereocenters. The maximum Gasteiger partial charge on any atom is 0.340 e. The van der Waals surface area contributed by atoms with Crippen LogP contribution in [0.1, 0.15) is 15.9 Å². The van der Waals surface area contributed by atoms with Crippen LogP contribution in [-0.2, 0) is 6.54 Å². The highest BCUT2D eigenvalue weighted by Crippen LogP contribution is 2.28. The number of carboxylic acids is 1. The number of hydrogen-bond acceptors (Lipinski definition) is 3. The lowest BCUT2D eigenvalue weighted by atomic mass is 10.1. The van der Waals surface area contributed by atoms with Gasteiger partial charge in [-0.3, -0.25) is 0 Å². The van der Waals surface area contributed by atoms with Crippen molar-refractivity contribution in [2.75, 3.05) is 17.7 Å². The molecular weight excluding hydrogens is 295 g/mol. The first kappa shape index (κ1) is 15.1. The second kappa shape index (κ2) is 6.01. The monoisotopic (exact) mass is 308 g/mol. The molecule has 3 N–H and O–H groups in total. The van der Waals surface area contributed by atoms with Crippen LogP contribution in [0.25, 0.3) is 0 Å². The number of carbonyl (C=O) groups is 1. The molecule has 0 aliphatic rings. The fourth-order valence-corrected chi connectivity index (χ4v) is 2.20. The number of rotatable bonds is 4. The third-order valence-corrected chi connectivity index (χ3v) is 3.38. The zero-order valence-corrected chi connectivity index (χ0v) is 12.1. The van der Waals surface area contributed by atoms with E-state index >= 15 is 0 Å². The van der Waals surface area contributed by atoms with Gasteiger partial charge in [-0.15, -0.1) is 0 Å². The molecule has 0 radical (unpaired) electrons. The van der Waals surface area contributed by atoms with E-state index in [9.17, 15) is 14.3 Å². The van der Waals surface area contributed by atoms with Crippen LogP contribution in [0, 0.1) is 5.82 Å². The van der Waals surface area contributed by atoms with Crippen LogP contribution in [0.15, 0.2) is 36.4 Å². The Morgan fingerprint density at radius 3 is 2.48 bits per heavy atom. The van der Waals surface area contributed by atoms with E-state index in [0.29, 0.717) is 17.3 Å². The Kier molecular flexibility index (Phi) is 4.33. The molecule has 2 rings (SSSR count). The predicted molar refractivity (Wildman–Crippen MR) is 81.3 cm³/mol. The van der Waals surface area contributed by atoms with Gasteiger partial charge in [0, 0.05) is 18.6 Å². The lowest BCUT2D eigenvalue weighted by Gasteiger charge is -2.22.